The van der Waals surface area contributed by atoms with Gasteiger partial charge in [0.1, 0.15) is 5.82 Å². The fourth-order valence-electron chi connectivity index (χ4n) is 3.87. The van der Waals surface area contributed by atoms with Gasteiger partial charge in [0, 0.05) is 25.7 Å². The van der Waals surface area contributed by atoms with Gasteiger partial charge in [-0.1, -0.05) is 72.8 Å². The quantitative estimate of drug-likeness (QED) is 0.590. The Labute approximate surface area is 171 Å². The summed E-state index contributed by atoms with van der Waals surface area (Å²) in [6.07, 6.45) is 0.946. The van der Waals surface area contributed by atoms with Crippen LogP contribution in [0.2, 0.25) is 0 Å². The SMILES string of the molecule is Fc1ccc([C@@H]2O[C@H](CNCc3ccccc3)C[C@H]2NCc2ccccc2)cc1. The highest BCUT2D eigenvalue weighted by molar-refractivity contribution is 5.22. The Kier molecular flexibility index (Phi) is 6.67. The third kappa shape index (κ3) is 5.51. The lowest BCUT2D eigenvalue weighted by molar-refractivity contribution is 0.0382. The van der Waals surface area contributed by atoms with Gasteiger partial charge in [-0.2, -0.15) is 0 Å². The molecule has 3 atom stereocenters. The van der Waals surface area contributed by atoms with E-state index >= 15 is 0 Å². The lowest BCUT2D eigenvalue weighted by atomic mass is 10.0. The molecule has 1 fully saturated rings. The predicted octanol–water partition coefficient (Wildman–Crippen LogP) is 4.60. The fraction of sp³-hybridized carbons (Fsp3) is 0.280. The van der Waals surface area contributed by atoms with Gasteiger partial charge in [-0.15, -0.1) is 0 Å². The molecule has 0 aromatic heterocycles. The zero-order valence-electron chi connectivity index (χ0n) is 16.4. The van der Waals surface area contributed by atoms with Crippen molar-refractivity contribution in [2.45, 2.75) is 37.8 Å². The van der Waals surface area contributed by atoms with Crippen molar-refractivity contribution in [1.82, 2.24) is 10.6 Å². The van der Waals surface area contributed by atoms with Crippen LogP contribution in [-0.4, -0.2) is 18.7 Å². The van der Waals surface area contributed by atoms with Gasteiger partial charge in [0.2, 0.25) is 0 Å². The first-order valence-corrected chi connectivity index (χ1v) is 10.2. The summed E-state index contributed by atoms with van der Waals surface area (Å²) in [5.74, 6) is -0.221. The molecule has 4 rings (SSSR count). The van der Waals surface area contributed by atoms with Gasteiger partial charge in [-0.05, 0) is 35.2 Å². The molecule has 0 saturated carbocycles. The number of benzene rings is 3. The van der Waals surface area contributed by atoms with Crippen LogP contribution in [0.3, 0.4) is 0 Å². The first kappa shape index (κ1) is 19.8. The smallest absolute Gasteiger partial charge is 0.123 e. The second-order valence-electron chi connectivity index (χ2n) is 7.56. The summed E-state index contributed by atoms with van der Waals surface area (Å²) < 4.78 is 19.8. The first-order chi connectivity index (χ1) is 14.3. The third-order valence-corrected chi connectivity index (χ3v) is 5.38. The van der Waals surface area contributed by atoms with Crippen LogP contribution in [0, 0.1) is 5.82 Å². The van der Waals surface area contributed by atoms with Crippen molar-refractivity contribution in [3.8, 4) is 0 Å². The summed E-state index contributed by atoms with van der Waals surface area (Å²) in [5, 5.41) is 7.16. The molecule has 1 aliphatic heterocycles. The molecule has 0 amide bonds. The minimum absolute atomic E-state index is 0.0807. The van der Waals surface area contributed by atoms with E-state index in [4.69, 9.17) is 4.74 Å². The highest BCUT2D eigenvalue weighted by Crippen LogP contribution is 2.33. The maximum absolute atomic E-state index is 13.4. The molecule has 0 unspecified atom stereocenters. The first-order valence-electron chi connectivity index (χ1n) is 10.2. The van der Waals surface area contributed by atoms with Gasteiger partial charge < -0.3 is 15.4 Å². The zero-order valence-corrected chi connectivity index (χ0v) is 16.4. The van der Waals surface area contributed by atoms with Crippen LogP contribution in [0.1, 0.15) is 29.2 Å². The number of halogens is 1. The molecule has 3 aromatic rings. The summed E-state index contributed by atoms with van der Waals surface area (Å²) in [6, 6.07) is 27.6. The molecule has 1 saturated heterocycles. The van der Waals surface area contributed by atoms with Gasteiger partial charge in [0.25, 0.3) is 0 Å². The molecular weight excluding hydrogens is 363 g/mol. The molecule has 29 heavy (non-hydrogen) atoms. The number of rotatable bonds is 8. The molecule has 3 aromatic carbocycles. The van der Waals surface area contributed by atoms with Gasteiger partial charge in [0.05, 0.1) is 12.2 Å². The highest BCUT2D eigenvalue weighted by atomic mass is 19.1. The van der Waals surface area contributed by atoms with E-state index in [0.717, 1.165) is 31.6 Å². The second-order valence-corrected chi connectivity index (χ2v) is 7.56. The normalized spacial score (nSPS) is 21.3. The maximum atomic E-state index is 13.4. The van der Waals surface area contributed by atoms with Crippen LogP contribution in [0.25, 0.3) is 0 Å². The molecule has 0 spiro atoms. The van der Waals surface area contributed by atoms with Gasteiger partial charge in [0.15, 0.2) is 0 Å². The zero-order chi connectivity index (χ0) is 19.9. The maximum Gasteiger partial charge on any atom is 0.123 e. The molecule has 0 radical (unpaired) electrons. The molecule has 1 aliphatic rings. The summed E-state index contributed by atoms with van der Waals surface area (Å²) in [6.45, 7) is 2.40. The van der Waals surface area contributed by atoms with Crippen molar-refractivity contribution >= 4 is 0 Å². The van der Waals surface area contributed by atoms with E-state index in [-0.39, 0.29) is 24.1 Å². The van der Waals surface area contributed by atoms with E-state index in [2.05, 4.69) is 59.2 Å². The van der Waals surface area contributed by atoms with E-state index < -0.39 is 0 Å². The number of ether oxygens (including phenoxy) is 1. The molecule has 0 bridgehead atoms. The topological polar surface area (TPSA) is 33.3 Å². The van der Waals surface area contributed by atoms with E-state index in [1.54, 1.807) is 0 Å². The van der Waals surface area contributed by atoms with Gasteiger partial charge >= 0.3 is 0 Å². The molecule has 4 heteroatoms. The molecule has 0 aliphatic carbocycles. The van der Waals surface area contributed by atoms with Crippen molar-refractivity contribution < 1.29 is 9.13 Å². The van der Waals surface area contributed by atoms with Crippen LogP contribution in [-0.2, 0) is 17.8 Å². The van der Waals surface area contributed by atoms with Crippen LogP contribution in [0.4, 0.5) is 4.39 Å². The molecular formula is C25H27FN2O. The summed E-state index contributed by atoms with van der Waals surface area (Å²) >= 11 is 0. The molecule has 150 valence electrons. The monoisotopic (exact) mass is 390 g/mol. The minimum atomic E-state index is -0.221. The molecule has 1 heterocycles. The molecule has 2 N–H and O–H groups in total. The van der Waals surface area contributed by atoms with Crippen LogP contribution in [0.15, 0.2) is 84.9 Å². The largest absolute Gasteiger partial charge is 0.367 e. The fourth-order valence-corrected chi connectivity index (χ4v) is 3.87. The lowest BCUT2D eigenvalue weighted by Gasteiger charge is -2.20. The highest BCUT2D eigenvalue weighted by Gasteiger charge is 2.35. The van der Waals surface area contributed by atoms with E-state index in [1.165, 1.54) is 23.3 Å². The van der Waals surface area contributed by atoms with Crippen LogP contribution >= 0.6 is 0 Å². The number of nitrogens with one attached hydrogen (secondary N) is 2. The summed E-state index contributed by atoms with van der Waals surface area (Å²) in [5.41, 5.74) is 3.53. The standard InChI is InChI=1S/C25H27FN2O/c26-22-13-11-21(12-14-22)25-24(28-17-20-9-5-2-6-10-20)15-23(29-25)18-27-16-19-7-3-1-4-8-19/h1-14,23-25,27-28H,15-18H2/t23-,24+,25-/m0/s1. The van der Waals surface area contributed by atoms with Crippen molar-refractivity contribution in [2.75, 3.05) is 6.54 Å². The number of hydrogen-bond donors (Lipinski definition) is 2. The summed E-state index contributed by atoms with van der Waals surface area (Å²) in [4.78, 5) is 0. The van der Waals surface area contributed by atoms with Crippen LogP contribution in [0.5, 0.6) is 0 Å². The third-order valence-electron chi connectivity index (χ3n) is 5.38. The Hall–Kier alpha value is -2.53. The Bertz CT molecular complexity index is 870. The minimum Gasteiger partial charge on any atom is -0.367 e. The predicted molar refractivity (Wildman–Crippen MR) is 114 cm³/mol. The molecule has 3 nitrogen and oxygen atoms in total. The summed E-state index contributed by atoms with van der Waals surface area (Å²) in [7, 11) is 0. The Morgan fingerprint density at radius 3 is 2.07 bits per heavy atom. The van der Waals surface area contributed by atoms with Crippen LogP contribution < -0.4 is 10.6 Å². The average molecular weight is 391 g/mol. The van der Waals surface area contributed by atoms with Gasteiger partial charge in [-0.25, -0.2) is 4.39 Å². The van der Waals surface area contributed by atoms with Crippen molar-refractivity contribution in [1.29, 1.82) is 0 Å². The number of hydrogen-bond acceptors (Lipinski definition) is 3. The van der Waals surface area contributed by atoms with E-state index in [1.807, 2.05) is 24.3 Å². The van der Waals surface area contributed by atoms with Crippen molar-refractivity contribution in [2.24, 2.45) is 0 Å². The van der Waals surface area contributed by atoms with Crippen molar-refractivity contribution in [3.05, 3.63) is 107 Å². The van der Waals surface area contributed by atoms with Crippen molar-refractivity contribution in [3.63, 3.8) is 0 Å². The Morgan fingerprint density at radius 2 is 1.41 bits per heavy atom. The van der Waals surface area contributed by atoms with E-state index in [0.29, 0.717) is 0 Å². The second kappa shape index (κ2) is 9.79. The Morgan fingerprint density at radius 1 is 0.793 bits per heavy atom. The van der Waals surface area contributed by atoms with Gasteiger partial charge in [-0.3, -0.25) is 0 Å². The van der Waals surface area contributed by atoms with E-state index in [9.17, 15) is 4.39 Å². The lowest BCUT2D eigenvalue weighted by Crippen LogP contribution is -2.32. The Balaban J connectivity index is 1.38. The average Bonchev–Trinajstić information content (AvgIpc) is 3.17.